The Balaban J connectivity index is 2.00. The standard InChI is InChI=1S/C20H23N3O3S2/c1-14-8-6-11-18(15(14)2)23-19(24)16-9-4-5-10-17(16)22-20(23)27-13-7-12-21-28(3,25)26/h4-6,8-11,21H,7,12-13H2,1-3H3. The second kappa shape index (κ2) is 8.46. The average molecular weight is 418 g/mol. The van der Waals surface area contributed by atoms with Crippen LogP contribution >= 0.6 is 11.8 Å². The molecule has 28 heavy (non-hydrogen) atoms. The zero-order valence-corrected chi connectivity index (χ0v) is 17.7. The van der Waals surface area contributed by atoms with Crippen LogP contribution in [0.1, 0.15) is 17.5 Å². The Morgan fingerprint density at radius 3 is 2.61 bits per heavy atom. The van der Waals surface area contributed by atoms with Crippen molar-refractivity contribution in [1.29, 1.82) is 0 Å². The molecule has 0 fully saturated rings. The quantitative estimate of drug-likeness (QED) is 0.363. The summed E-state index contributed by atoms with van der Waals surface area (Å²) in [6, 6.07) is 13.2. The van der Waals surface area contributed by atoms with Crippen molar-refractivity contribution in [3.05, 3.63) is 63.9 Å². The summed E-state index contributed by atoms with van der Waals surface area (Å²) < 4.78 is 26.5. The molecular weight excluding hydrogens is 394 g/mol. The van der Waals surface area contributed by atoms with Crippen LogP contribution in [0.4, 0.5) is 0 Å². The molecule has 6 nitrogen and oxygen atoms in total. The molecule has 3 rings (SSSR count). The molecule has 0 aliphatic heterocycles. The highest BCUT2D eigenvalue weighted by Gasteiger charge is 2.15. The minimum absolute atomic E-state index is 0.101. The third-order valence-corrected chi connectivity index (χ3v) is 6.23. The lowest BCUT2D eigenvalue weighted by Gasteiger charge is -2.16. The van der Waals surface area contributed by atoms with Gasteiger partial charge in [-0.3, -0.25) is 9.36 Å². The molecule has 0 spiro atoms. The minimum Gasteiger partial charge on any atom is -0.268 e. The summed E-state index contributed by atoms with van der Waals surface area (Å²) in [7, 11) is -3.20. The van der Waals surface area contributed by atoms with E-state index in [0.717, 1.165) is 23.1 Å². The van der Waals surface area contributed by atoms with Gasteiger partial charge in [0.05, 0.1) is 22.8 Å². The van der Waals surface area contributed by atoms with Crippen molar-refractivity contribution in [2.24, 2.45) is 0 Å². The van der Waals surface area contributed by atoms with Crippen LogP contribution in [0.5, 0.6) is 0 Å². The fourth-order valence-corrected chi connectivity index (χ4v) is 4.35. The van der Waals surface area contributed by atoms with E-state index in [-0.39, 0.29) is 5.56 Å². The van der Waals surface area contributed by atoms with E-state index in [1.165, 1.54) is 11.8 Å². The lowest BCUT2D eigenvalue weighted by Crippen LogP contribution is -2.24. The molecule has 0 radical (unpaired) electrons. The molecule has 1 heterocycles. The smallest absolute Gasteiger partial charge is 0.266 e. The van der Waals surface area contributed by atoms with E-state index in [4.69, 9.17) is 4.98 Å². The first-order chi connectivity index (χ1) is 13.3. The zero-order valence-electron chi connectivity index (χ0n) is 16.1. The van der Waals surface area contributed by atoms with Crippen molar-refractivity contribution in [2.45, 2.75) is 25.4 Å². The van der Waals surface area contributed by atoms with Gasteiger partial charge in [-0.15, -0.1) is 0 Å². The molecule has 1 aromatic heterocycles. The molecule has 0 unspecified atom stereocenters. The fraction of sp³-hybridized carbons (Fsp3) is 0.300. The molecule has 0 saturated heterocycles. The van der Waals surface area contributed by atoms with Gasteiger partial charge >= 0.3 is 0 Å². The van der Waals surface area contributed by atoms with Crippen LogP contribution in [0.15, 0.2) is 52.4 Å². The number of nitrogens with one attached hydrogen (secondary N) is 1. The van der Waals surface area contributed by atoms with Gasteiger partial charge in [0.15, 0.2) is 5.16 Å². The molecule has 8 heteroatoms. The molecule has 2 aromatic carbocycles. The van der Waals surface area contributed by atoms with Gasteiger partial charge in [0.25, 0.3) is 5.56 Å². The largest absolute Gasteiger partial charge is 0.268 e. The predicted octanol–water partition coefficient (Wildman–Crippen LogP) is 3.03. The second-order valence-electron chi connectivity index (χ2n) is 6.64. The summed E-state index contributed by atoms with van der Waals surface area (Å²) in [5.74, 6) is 0.637. The van der Waals surface area contributed by atoms with Crippen molar-refractivity contribution >= 4 is 32.7 Å². The van der Waals surface area contributed by atoms with Gasteiger partial charge in [0.1, 0.15) is 0 Å². The Labute approximate surface area is 169 Å². The SMILES string of the molecule is Cc1cccc(-n2c(SCCCNS(C)(=O)=O)nc3ccccc3c2=O)c1C. The van der Waals surface area contributed by atoms with E-state index in [9.17, 15) is 13.2 Å². The van der Waals surface area contributed by atoms with Crippen LogP contribution in [0.25, 0.3) is 16.6 Å². The van der Waals surface area contributed by atoms with Crippen molar-refractivity contribution < 1.29 is 8.42 Å². The molecular formula is C20H23N3O3S2. The van der Waals surface area contributed by atoms with Gasteiger partial charge in [0.2, 0.25) is 10.0 Å². The van der Waals surface area contributed by atoms with Gasteiger partial charge in [-0.25, -0.2) is 18.1 Å². The highest BCUT2D eigenvalue weighted by atomic mass is 32.2. The number of sulfonamides is 1. The van der Waals surface area contributed by atoms with Gasteiger partial charge in [0, 0.05) is 12.3 Å². The number of hydrogen-bond donors (Lipinski definition) is 1. The highest BCUT2D eigenvalue weighted by molar-refractivity contribution is 7.99. The topological polar surface area (TPSA) is 81.1 Å². The average Bonchev–Trinajstić information content (AvgIpc) is 2.64. The summed E-state index contributed by atoms with van der Waals surface area (Å²) in [6.45, 7) is 4.37. The first-order valence-corrected chi connectivity index (χ1v) is 11.8. The monoisotopic (exact) mass is 417 g/mol. The Morgan fingerprint density at radius 1 is 1.11 bits per heavy atom. The molecule has 0 aliphatic carbocycles. The molecule has 0 amide bonds. The normalized spacial score (nSPS) is 11.8. The number of fused-ring (bicyclic) bond motifs is 1. The van der Waals surface area contributed by atoms with E-state index in [2.05, 4.69) is 4.72 Å². The van der Waals surface area contributed by atoms with E-state index in [1.54, 1.807) is 10.6 Å². The van der Waals surface area contributed by atoms with Crippen molar-refractivity contribution in [1.82, 2.24) is 14.3 Å². The van der Waals surface area contributed by atoms with Crippen LogP contribution in [0, 0.1) is 13.8 Å². The Bertz CT molecular complexity index is 1170. The summed E-state index contributed by atoms with van der Waals surface area (Å²) in [6.07, 6.45) is 1.77. The van der Waals surface area contributed by atoms with Crippen LogP contribution < -0.4 is 10.3 Å². The molecule has 0 atom stereocenters. The van der Waals surface area contributed by atoms with Gasteiger partial charge < -0.3 is 0 Å². The predicted molar refractivity (Wildman–Crippen MR) is 115 cm³/mol. The zero-order chi connectivity index (χ0) is 20.3. The maximum absolute atomic E-state index is 13.3. The van der Waals surface area contributed by atoms with Crippen molar-refractivity contribution in [2.75, 3.05) is 18.6 Å². The van der Waals surface area contributed by atoms with E-state index < -0.39 is 10.0 Å². The molecule has 0 aliphatic rings. The minimum atomic E-state index is -3.20. The number of benzene rings is 2. The Hall–Kier alpha value is -2.16. The maximum Gasteiger partial charge on any atom is 0.266 e. The van der Waals surface area contributed by atoms with Crippen LogP contribution in [0.2, 0.25) is 0 Å². The lowest BCUT2D eigenvalue weighted by molar-refractivity contribution is 0.587. The van der Waals surface area contributed by atoms with Gasteiger partial charge in [-0.1, -0.05) is 36.0 Å². The first kappa shape index (κ1) is 20.6. The van der Waals surface area contributed by atoms with E-state index >= 15 is 0 Å². The number of para-hydroxylation sites is 1. The maximum atomic E-state index is 13.3. The molecule has 0 saturated carbocycles. The Kier molecular flexibility index (Phi) is 6.22. The first-order valence-electron chi connectivity index (χ1n) is 8.94. The summed E-state index contributed by atoms with van der Waals surface area (Å²) >= 11 is 1.45. The molecule has 0 bridgehead atoms. The van der Waals surface area contributed by atoms with Gasteiger partial charge in [-0.2, -0.15) is 0 Å². The summed E-state index contributed by atoms with van der Waals surface area (Å²) in [5.41, 5.74) is 3.51. The third-order valence-electron chi connectivity index (χ3n) is 4.48. The number of hydrogen-bond acceptors (Lipinski definition) is 5. The van der Waals surface area contributed by atoms with Crippen molar-refractivity contribution in [3.8, 4) is 5.69 Å². The van der Waals surface area contributed by atoms with Crippen LogP contribution in [-0.2, 0) is 10.0 Å². The lowest BCUT2D eigenvalue weighted by atomic mass is 10.1. The molecule has 1 N–H and O–H groups in total. The molecule has 3 aromatic rings. The summed E-state index contributed by atoms with van der Waals surface area (Å²) in [4.78, 5) is 18.0. The fourth-order valence-electron chi connectivity index (χ4n) is 2.89. The number of nitrogens with zero attached hydrogens (tertiary/aromatic N) is 2. The van der Waals surface area contributed by atoms with E-state index in [0.29, 0.717) is 34.8 Å². The van der Waals surface area contributed by atoms with Crippen LogP contribution in [-0.4, -0.2) is 36.5 Å². The van der Waals surface area contributed by atoms with Gasteiger partial charge in [-0.05, 0) is 49.6 Å². The van der Waals surface area contributed by atoms with E-state index in [1.807, 2.05) is 50.2 Å². The third kappa shape index (κ3) is 4.63. The van der Waals surface area contributed by atoms with Crippen LogP contribution in [0.3, 0.4) is 0 Å². The number of rotatable bonds is 7. The number of aryl methyl sites for hydroxylation is 1. The van der Waals surface area contributed by atoms with Crippen molar-refractivity contribution in [3.63, 3.8) is 0 Å². The highest BCUT2D eigenvalue weighted by Crippen LogP contribution is 2.24. The number of aromatic nitrogens is 2. The molecule has 148 valence electrons. The second-order valence-corrected chi connectivity index (χ2v) is 9.53. The summed E-state index contributed by atoms with van der Waals surface area (Å²) in [5, 5.41) is 1.18. The Morgan fingerprint density at radius 2 is 1.86 bits per heavy atom. The number of thioether (sulfide) groups is 1.